The number of para-hydroxylation sites is 1. The Kier molecular flexibility index (Phi) is 5.20. The first-order valence-corrected chi connectivity index (χ1v) is 9.79. The molecule has 1 heteroatoms. The number of rotatable bonds is 6. The molecule has 0 spiro atoms. The van der Waals surface area contributed by atoms with Crippen LogP contribution in [0.1, 0.15) is 25.5 Å². The minimum atomic E-state index is 1.07. The Hall–Kier alpha value is -3.06. The van der Waals surface area contributed by atoms with Gasteiger partial charge in [0.1, 0.15) is 0 Å². The second-order valence-electron chi connectivity index (χ2n) is 6.90. The first-order chi connectivity index (χ1) is 13.4. The summed E-state index contributed by atoms with van der Waals surface area (Å²) in [6.07, 6.45) is 3.45. The number of benzene rings is 3. The lowest BCUT2D eigenvalue weighted by molar-refractivity contribution is 0.763. The third-order valence-electron chi connectivity index (χ3n) is 5.04. The largest absolute Gasteiger partial charge is 0.313 e. The van der Waals surface area contributed by atoms with Crippen LogP contribution in [0.15, 0.2) is 97.1 Å². The maximum absolute atomic E-state index is 2.45. The highest BCUT2D eigenvalue weighted by Crippen LogP contribution is 2.36. The smallest absolute Gasteiger partial charge is 0.0537 e. The summed E-state index contributed by atoms with van der Waals surface area (Å²) in [6.45, 7) is 2.26. The summed E-state index contributed by atoms with van der Waals surface area (Å²) < 4.78 is 2.45. The number of hydrogen-bond donors (Lipinski definition) is 0. The molecule has 0 amide bonds. The Morgan fingerprint density at radius 2 is 1.22 bits per heavy atom. The number of hydrogen-bond acceptors (Lipinski definition) is 0. The molecule has 1 aromatic heterocycles. The van der Waals surface area contributed by atoms with Gasteiger partial charge in [-0.15, -0.1) is 0 Å². The van der Waals surface area contributed by atoms with Crippen LogP contribution in [-0.4, -0.2) is 4.57 Å². The van der Waals surface area contributed by atoms with Gasteiger partial charge in [0, 0.05) is 16.9 Å². The van der Waals surface area contributed by atoms with Crippen molar-refractivity contribution in [3.8, 4) is 28.1 Å². The minimum Gasteiger partial charge on any atom is -0.313 e. The molecule has 1 heterocycles. The molecule has 0 unspecified atom stereocenters. The number of unbranched alkanes of at least 4 members (excludes halogenated alkanes) is 1. The molecule has 27 heavy (non-hydrogen) atoms. The Labute approximate surface area is 161 Å². The van der Waals surface area contributed by atoms with Crippen LogP contribution in [-0.2, 0) is 6.42 Å². The molecular weight excluding hydrogens is 326 g/mol. The standard InChI is InChI=1S/C26H25N/c1-2-3-19-25-24(21-13-7-4-8-14-21)20-26(22-15-9-5-10-16-22)27(25)23-17-11-6-12-18-23/h4-18,20H,2-3,19H2,1H3. The van der Waals surface area contributed by atoms with Crippen LogP contribution in [0.25, 0.3) is 28.1 Å². The number of nitrogens with zero attached hydrogens (tertiary/aromatic N) is 1. The topological polar surface area (TPSA) is 4.93 Å². The van der Waals surface area contributed by atoms with Crippen LogP contribution in [0.3, 0.4) is 0 Å². The van der Waals surface area contributed by atoms with Gasteiger partial charge in [-0.1, -0.05) is 92.2 Å². The van der Waals surface area contributed by atoms with Gasteiger partial charge in [-0.2, -0.15) is 0 Å². The summed E-state index contributed by atoms with van der Waals surface area (Å²) in [7, 11) is 0. The van der Waals surface area contributed by atoms with Gasteiger partial charge in [-0.3, -0.25) is 0 Å². The molecule has 0 radical (unpaired) electrons. The van der Waals surface area contributed by atoms with Crippen molar-refractivity contribution in [1.82, 2.24) is 4.57 Å². The molecule has 0 aliphatic carbocycles. The van der Waals surface area contributed by atoms with Gasteiger partial charge in [-0.25, -0.2) is 0 Å². The minimum absolute atomic E-state index is 1.07. The molecule has 3 aromatic carbocycles. The van der Waals surface area contributed by atoms with E-state index >= 15 is 0 Å². The molecule has 1 nitrogen and oxygen atoms in total. The lowest BCUT2D eigenvalue weighted by atomic mass is 10.0. The SMILES string of the molecule is CCCCc1c(-c2ccccc2)cc(-c2ccccc2)n1-c1ccccc1. The predicted octanol–water partition coefficient (Wildman–Crippen LogP) is 7.15. The van der Waals surface area contributed by atoms with Crippen LogP contribution in [0.5, 0.6) is 0 Å². The lowest BCUT2D eigenvalue weighted by Crippen LogP contribution is -2.03. The third kappa shape index (κ3) is 3.59. The monoisotopic (exact) mass is 351 g/mol. The molecule has 134 valence electrons. The summed E-state index contributed by atoms with van der Waals surface area (Å²) in [5, 5.41) is 0. The van der Waals surface area contributed by atoms with Crippen LogP contribution >= 0.6 is 0 Å². The molecule has 4 rings (SSSR count). The van der Waals surface area contributed by atoms with Crippen LogP contribution in [0, 0.1) is 0 Å². The molecule has 0 N–H and O–H groups in total. The lowest BCUT2D eigenvalue weighted by Gasteiger charge is -2.15. The molecule has 0 aliphatic rings. The van der Waals surface area contributed by atoms with E-state index in [1.165, 1.54) is 46.6 Å². The van der Waals surface area contributed by atoms with E-state index in [0.29, 0.717) is 0 Å². The number of aromatic nitrogens is 1. The zero-order valence-electron chi connectivity index (χ0n) is 15.8. The highest BCUT2D eigenvalue weighted by atomic mass is 15.0. The average molecular weight is 351 g/mol. The Bertz CT molecular complexity index is 983. The summed E-state index contributed by atoms with van der Waals surface area (Å²) in [5.41, 5.74) is 7.76. The highest BCUT2D eigenvalue weighted by Gasteiger charge is 2.18. The third-order valence-corrected chi connectivity index (χ3v) is 5.04. The summed E-state index contributed by atoms with van der Waals surface area (Å²) >= 11 is 0. The quantitative estimate of drug-likeness (QED) is 0.347. The Balaban J connectivity index is 1.99. The Morgan fingerprint density at radius 1 is 0.667 bits per heavy atom. The van der Waals surface area contributed by atoms with E-state index in [1.54, 1.807) is 0 Å². The first-order valence-electron chi connectivity index (χ1n) is 9.79. The van der Waals surface area contributed by atoms with Crippen molar-refractivity contribution in [2.45, 2.75) is 26.2 Å². The van der Waals surface area contributed by atoms with Crippen molar-refractivity contribution in [3.05, 3.63) is 103 Å². The van der Waals surface area contributed by atoms with Gasteiger partial charge < -0.3 is 4.57 Å². The highest BCUT2D eigenvalue weighted by molar-refractivity contribution is 5.77. The maximum Gasteiger partial charge on any atom is 0.0537 e. The predicted molar refractivity (Wildman–Crippen MR) is 115 cm³/mol. The van der Waals surface area contributed by atoms with Crippen molar-refractivity contribution >= 4 is 0 Å². The average Bonchev–Trinajstić information content (AvgIpc) is 3.13. The molecule has 0 saturated heterocycles. The van der Waals surface area contributed by atoms with Crippen molar-refractivity contribution in [2.24, 2.45) is 0 Å². The molecule has 0 bridgehead atoms. The maximum atomic E-state index is 2.45. The van der Waals surface area contributed by atoms with Gasteiger partial charge in [-0.05, 0) is 42.2 Å². The van der Waals surface area contributed by atoms with E-state index in [9.17, 15) is 0 Å². The summed E-state index contributed by atoms with van der Waals surface area (Å²) in [6, 6.07) is 34.6. The van der Waals surface area contributed by atoms with E-state index in [2.05, 4.69) is 109 Å². The van der Waals surface area contributed by atoms with Gasteiger partial charge in [0.2, 0.25) is 0 Å². The van der Waals surface area contributed by atoms with E-state index in [0.717, 1.165) is 6.42 Å². The van der Waals surface area contributed by atoms with Gasteiger partial charge in [0.25, 0.3) is 0 Å². The van der Waals surface area contributed by atoms with Gasteiger partial charge in [0.15, 0.2) is 0 Å². The zero-order valence-corrected chi connectivity index (χ0v) is 15.8. The fraction of sp³-hybridized carbons (Fsp3) is 0.154. The summed E-state index contributed by atoms with van der Waals surface area (Å²) in [4.78, 5) is 0. The van der Waals surface area contributed by atoms with Crippen molar-refractivity contribution in [2.75, 3.05) is 0 Å². The first kappa shape index (κ1) is 17.4. The van der Waals surface area contributed by atoms with Crippen LogP contribution < -0.4 is 0 Å². The fourth-order valence-corrected chi connectivity index (χ4v) is 3.70. The van der Waals surface area contributed by atoms with E-state index in [1.807, 2.05) is 0 Å². The molecule has 0 saturated carbocycles. The van der Waals surface area contributed by atoms with Gasteiger partial charge in [0.05, 0.1) is 5.69 Å². The normalized spacial score (nSPS) is 10.9. The summed E-state index contributed by atoms with van der Waals surface area (Å²) in [5.74, 6) is 0. The molecule has 0 fully saturated rings. The van der Waals surface area contributed by atoms with Crippen LogP contribution in [0.4, 0.5) is 0 Å². The van der Waals surface area contributed by atoms with E-state index in [4.69, 9.17) is 0 Å². The molecule has 4 aromatic rings. The van der Waals surface area contributed by atoms with Gasteiger partial charge >= 0.3 is 0 Å². The zero-order chi connectivity index (χ0) is 18.5. The second kappa shape index (κ2) is 8.09. The van der Waals surface area contributed by atoms with Crippen molar-refractivity contribution in [3.63, 3.8) is 0 Å². The van der Waals surface area contributed by atoms with Crippen molar-refractivity contribution < 1.29 is 0 Å². The molecule has 0 aliphatic heterocycles. The fourth-order valence-electron chi connectivity index (χ4n) is 3.70. The van der Waals surface area contributed by atoms with E-state index < -0.39 is 0 Å². The Morgan fingerprint density at radius 3 is 1.81 bits per heavy atom. The second-order valence-corrected chi connectivity index (χ2v) is 6.90. The van der Waals surface area contributed by atoms with Crippen LogP contribution in [0.2, 0.25) is 0 Å². The molecular formula is C26H25N. The van der Waals surface area contributed by atoms with E-state index in [-0.39, 0.29) is 0 Å². The van der Waals surface area contributed by atoms with Crippen molar-refractivity contribution in [1.29, 1.82) is 0 Å². The molecule has 0 atom stereocenters.